The van der Waals surface area contributed by atoms with Crippen molar-refractivity contribution in [3.8, 4) is 0 Å². The summed E-state index contributed by atoms with van der Waals surface area (Å²) < 4.78 is 13.6. The van der Waals surface area contributed by atoms with Crippen LogP contribution < -0.4 is 9.80 Å². The number of fused-ring (bicyclic) bond motifs is 9. The Morgan fingerprint density at radius 1 is 0.302 bits per heavy atom. The average Bonchev–Trinajstić information content (AvgIpc) is 3.81. The Morgan fingerprint density at radius 2 is 0.698 bits per heavy atom. The number of nitrogens with zero attached hydrogens (tertiary/aromatic N) is 2. The van der Waals surface area contributed by atoms with E-state index in [4.69, 9.17) is 8.83 Å². The molecule has 2 aromatic heterocycles. The van der Waals surface area contributed by atoms with E-state index in [9.17, 15) is 0 Å². The van der Waals surface area contributed by atoms with Crippen molar-refractivity contribution in [2.24, 2.45) is 0 Å². The van der Waals surface area contributed by atoms with Gasteiger partial charge in [0.05, 0.1) is 0 Å². The van der Waals surface area contributed by atoms with E-state index in [1.54, 1.807) is 0 Å². The lowest BCUT2D eigenvalue weighted by Gasteiger charge is -2.29. The minimum absolute atomic E-state index is 0.865. The SMILES string of the molecule is Cc1ccc(C)c(N(c2ccc3cc4c(cc3c2)oc2cc(C)c3oc5cc6cc(N(c7cc(C)ccc7C)c7cc(C)ccc7C)ccc6cc5c3c24)c2cc(C)ccc2C)c1. The van der Waals surface area contributed by atoms with Gasteiger partial charge >= 0.3 is 0 Å². The second kappa shape index (κ2) is 14.4. The molecule has 0 aliphatic carbocycles. The van der Waals surface area contributed by atoms with Crippen LogP contribution in [0.1, 0.15) is 50.1 Å². The zero-order valence-electron chi connectivity index (χ0n) is 37.5. The first-order valence-corrected chi connectivity index (χ1v) is 22.0. The number of anilines is 6. The molecular weight excluding hydrogens is 769 g/mol. The van der Waals surface area contributed by atoms with E-state index in [0.29, 0.717) is 0 Å². The molecule has 0 saturated carbocycles. The molecule has 0 spiro atoms. The summed E-state index contributed by atoms with van der Waals surface area (Å²) in [7, 11) is 0. The molecule has 0 fully saturated rings. The minimum atomic E-state index is 0.865. The summed E-state index contributed by atoms with van der Waals surface area (Å²) in [4.78, 5) is 4.83. The molecule has 63 heavy (non-hydrogen) atoms. The van der Waals surface area contributed by atoms with E-state index in [2.05, 4.69) is 212 Å². The van der Waals surface area contributed by atoms with Crippen molar-refractivity contribution < 1.29 is 8.83 Å². The molecule has 0 unspecified atom stereocenters. The Balaban J connectivity index is 1.08. The standard InChI is InChI=1S/C59H50N2O2/c1-33-10-14-37(5)50(22-33)60(51-23-34(2)11-15-38(51)6)46-20-18-42-29-48-54(31-44(42)27-46)62-56-26-41(9)59-58(57(48)56)49-30-43-19-21-47(28-45(43)32-55(49)63-59)61(52-24-35(3)12-16-39(52)7)53-25-36(4)13-17-40(53)8/h10-32H,1-9H3. The number of rotatable bonds is 6. The fourth-order valence-electron chi connectivity index (χ4n) is 9.76. The van der Waals surface area contributed by atoms with Crippen LogP contribution >= 0.6 is 0 Å². The van der Waals surface area contributed by atoms with Crippen LogP contribution in [0.2, 0.25) is 0 Å². The molecular formula is C59H50N2O2. The van der Waals surface area contributed by atoms with E-state index in [-0.39, 0.29) is 0 Å². The Kier molecular flexibility index (Phi) is 8.82. The van der Waals surface area contributed by atoms with Crippen molar-refractivity contribution in [1.29, 1.82) is 0 Å². The summed E-state index contributed by atoms with van der Waals surface area (Å²) in [5, 5.41) is 8.95. The maximum absolute atomic E-state index is 6.85. The summed E-state index contributed by atoms with van der Waals surface area (Å²) in [6.07, 6.45) is 0. The monoisotopic (exact) mass is 818 g/mol. The van der Waals surface area contributed by atoms with Crippen LogP contribution in [0.3, 0.4) is 0 Å². The third-order valence-corrected chi connectivity index (χ3v) is 13.2. The van der Waals surface area contributed by atoms with Crippen molar-refractivity contribution in [2.45, 2.75) is 62.3 Å². The van der Waals surface area contributed by atoms with E-state index in [1.807, 2.05) is 0 Å². The van der Waals surface area contributed by atoms with Gasteiger partial charge in [0.1, 0.15) is 22.3 Å². The number of benzene rings is 9. The minimum Gasteiger partial charge on any atom is -0.456 e. The maximum Gasteiger partial charge on any atom is 0.139 e. The number of hydrogen-bond acceptors (Lipinski definition) is 4. The van der Waals surface area contributed by atoms with Crippen molar-refractivity contribution in [3.63, 3.8) is 0 Å². The molecule has 11 aromatic rings. The van der Waals surface area contributed by atoms with E-state index in [0.717, 1.165) is 82.4 Å². The van der Waals surface area contributed by atoms with Crippen LogP contribution in [0.25, 0.3) is 65.4 Å². The first-order valence-electron chi connectivity index (χ1n) is 22.0. The Hall–Kier alpha value is -7.30. The van der Waals surface area contributed by atoms with E-state index in [1.165, 1.54) is 67.3 Å². The molecule has 0 aliphatic rings. The van der Waals surface area contributed by atoms with Gasteiger partial charge < -0.3 is 18.6 Å². The van der Waals surface area contributed by atoms with Gasteiger partial charge in [-0.25, -0.2) is 0 Å². The van der Waals surface area contributed by atoms with Gasteiger partial charge in [-0.15, -0.1) is 0 Å². The lowest BCUT2D eigenvalue weighted by atomic mass is 9.98. The van der Waals surface area contributed by atoms with Gasteiger partial charge in [-0.2, -0.15) is 0 Å². The predicted molar refractivity (Wildman–Crippen MR) is 268 cm³/mol. The lowest BCUT2D eigenvalue weighted by Crippen LogP contribution is -2.13. The quantitative estimate of drug-likeness (QED) is 0.167. The van der Waals surface area contributed by atoms with Crippen molar-refractivity contribution in [2.75, 3.05) is 9.80 Å². The van der Waals surface area contributed by atoms with Gasteiger partial charge in [-0.1, -0.05) is 60.7 Å². The van der Waals surface area contributed by atoms with Crippen LogP contribution in [0.4, 0.5) is 34.1 Å². The molecule has 2 heterocycles. The highest BCUT2D eigenvalue weighted by Gasteiger charge is 2.23. The van der Waals surface area contributed by atoms with Crippen molar-refractivity contribution in [3.05, 3.63) is 190 Å². The highest BCUT2D eigenvalue weighted by Crippen LogP contribution is 2.46. The summed E-state index contributed by atoms with van der Waals surface area (Å²) in [5.41, 5.74) is 21.3. The molecule has 4 nitrogen and oxygen atoms in total. The molecule has 0 bridgehead atoms. The largest absolute Gasteiger partial charge is 0.456 e. The topological polar surface area (TPSA) is 32.8 Å². The highest BCUT2D eigenvalue weighted by molar-refractivity contribution is 6.28. The predicted octanol–water partition coefficient (Wildman–Crippen LogP) is 17.5. The molecule has 0 N–H and O–H groups in total. The number of hydrogen-bond donors (Lipinski definition) is 0. The van der Waals surface area contributed by atoms with Gasteiger partial charge in [0.15, 0.2) is 0 Å². The third-order valence-electron chi connectivity index (χ3n) is 13.2. The zero-order valence-corrected chi connectivity index (χ0v) is 37.5. The molecule has 0 saturated heterocycles. The van der Waals surface area contributed by atoms with Crippen LogP contribution in [-0.4, -0.2) is 0 Å². The summed E-state index contributed by atoms with van der Waals surface area (Å²) >= 11 is 0. The fourth-order valence-corrected chi connectivity index (χ4v) is 9.76. The second-order valence-electron chi connectivity index (χ2n) is 18.1. The van der Waals surface area contributed by atoms with Gasteiger partial charge in [0, 0.05) is 55.7 Å². The highest BCUT2D eigenvalue weighted by atomic mass is 16.3. The molecule has 4 heteroatoms. The molecule has 9 aromatic carbocycles. The summed E-state index contributed by atoms with van der Waals surface area (Å²) in [6, 6.07) is 51.7. The first-order chi connectivity index (χ1) is 30.4. The molecule has 0 atom stereocenters. The van der Waals surface area contributed by atoms with Crippen molar-refractivity contribution >= 4 is 99.5 Å². The van der Waals surface area contributed by atoms with Crippen LogP contribution in [0.15, 0.2) is 148 Å². The first kappa shape index (κ1) is 38.6. The van der Waals surface area contributed by atoms with E-state index >= 15 is 0 Å². The number of aryl methyl sites for hydroxylation is 9. The maximum atomic E-state index is 6.85. The third kappa shape index (κ3) is 6.35. The van der Waals surface area contributed by atoms with Crippen molar-refractivity contribution in [1.82, 2.24) is 0 Å². The Bertz CT molecular complexity index is 3590. The lowest BCUT2D eigenvalue weighted by molar-refractivity contribution is 0.660. The molecule has 308 valence electrons. The van der Waals surface area contributed by atoms with Gasteiger partial charge in [-0.05, 0) is 213 Å². The van der Waals surface area contributed by atoms with Gasteiger partial charge in [0.2, 0.25) is 0 Å². The summed E-state index contributed by atoms with van der Waals surface area (Å²) in [6.45, 7) is 19.6. The normalized spacial score (nSPS) is 11.9. The van der Waals surface area contributed by atoms with Crippen LogP contribution in [0, 0.1) is 62.3 Å². The van der Waals surface area contributed by atoms with Crippen LogP contribution in [-0.2, 0) is 0 Å². The zero-order chi connectivity index (χ0) is 43.4. The van der Waals surface area contributed by atoms with Gasteiger partial charge in [0.25, 0.3) is 0 Å². The fraction of sp³-hybridized carbons (Fsp3) is 0.153. The molecule has 11 rings (SSSR count). The summed E-state index contributed by atoms with van der Waals surface area (Å²) in [5.74, 6) is 0. The molecule has 0 amide bonds. The Morgan fingerprint density at radius 3 is 1.13 bits per heavy atom. The van der Waals surface area contributed by atoms with Crippen LogP contribution in [0.5, 0.6) is 0 Å². The second-order valence-corrected chi connectivity index (χ2v) is 18.1. The van der Waals surface area contributed by atoms with E-state index < -0.39 is 0 Å². The smallest absolute Gasteiger partial charge is 0.139 e. The average molecular weight is 819 g/mol. The Labute approximate surface area is 368 Å². The molecule has 0 radical (unpaired) electrons. The van der Waals surface area contributed by atoms with Gasteiger partial charge in [-0.3, -0.25) is 0 Å². The molecule has 0 aliphatic heterocycles. The number of furan rings is 2.